The van der Waals surface area contributed by atoms with Crippen LogP contribution in [-0.2, 0) is 11.4 Å². The highest BCUT2D eigenvalue weighted by Gasteiger charge is 2.13. The number of hydrogen-bond acceptors (Lipinski definition) is 3. The van der Waals surface area contributed by atoms with Gasteiger partial charge in [-0.25, -0.2) is 0 Å². The molecule has 1 N–H and O–H groups in total. The highest BCUT2D eigenvalue weighted by molar-refractivity contribution is 6.34. The van der Waals surface area contributed by atoms with Crippen molar-refractivity contribution in [3.8, 4) is 11.8 Å². The first-order valence-electron chi connectivity index (χ1n) is 10.0. The quantitative estimate of drug-likeness (QED) is 0.272. The Kier molecular flexibility index (Phi) is 6.50. The maximum absolute atomic E-state index is 12.6. The van der Waals surface area contributed by atoms with Crippen LogP contribution in [0, 0.1) is 11.3 Å². The number of nitrogens with zero attached hydrogens (tertiary/aromatic N) is 1. The van der Waals surface area contributed by atoms with E-state index in [4.69, 9.17) is 16.3 Å². The van der Waals surface area contributed by atoms with Gasteiger partial charge in [-0.15, -0.1) is 0 Å². The zero-order valence-corrected chi connectivity index (χ0v) is 17.8. The first-order valence-corrected chi connectivity index (χ1v) is 10.4. The van der Waals surface area contributed by atoms with Gasteiger partial charge in [0.2, 0.25) is 0 Å². The number of nitrogens with one attached hydrogen (secondary N) is 1. The molecule has 156 valence electrons. The van der Waals surface area contributed by atoms with Crippen molar-refractivity contribution in [2.45, 2.75) is 6.61 Å². The van der Waals surface area contributed by atoms with Crippen molar-refractivity contribution < 1.29 is 9.53 Å². The van der Waals surface area contributed by atoms with Crippen LogP contribution in [0.1, 0.15) is 11.1 Å². The van der Waals surface area contributed by atoms with E-state index in [1.807, 2.05) is 48.5 Å². The Labute approximate surface area is 191 Å². The number of nitriles is 1. The van der Waals surface area contributed by atoms with Crippen LogP contribution >= 0.6 is 11.6 Å². The number of anilines is 1. The monoisotopic (exact) mass is 438 g/mol. The van der Waals surface area contributed by atoms with E-state index in [1.54, 1.807) is 30.3 Å². The fraction of sp³-hybridized carbons (Fsp3) is 0.0370. The first-order chi connectivity index (χ1) is 15.7. The summed E-state index contributed by atoms with van der Waals surface area (Å²) in [5.74, 6) is 0.0446. The van der Waals surface area contributed by atoms with Gasteiger partial charge in [0.1, 0.15) is 24.0 Å². The Morgan fingerprint density at radius 1 is 0.938 bits per heavy atom. The summed E-state index contributed by atoms with van der Waals surface area (Å²) in [5, 5.41) is 14.9. The van der Waals surface area contributed by atoms with E-state index in [-0.39, 0.29) is 5.57 Å². The number of rotatable bonds is 6. The number of para-hydroxylation sites is 2. The molecule has 0 bridgehead atoms. The van der Waals surface area contributed by atoms with E-state index in [2.05, 4.69) is 23.5 Å². The molecule has 1 amide bonds. The highest BCUT2D eigenvalue weighted by atomic mass is 35.5. The molecule has 4 aromatic carbocycles. The minimum absolute atomic E-state index is 0.0499. The average Bonchev–Trinajstić information content (AvgIpc) is 2.83. The highest BCUT2D eigenvalue weighted by Crippen LogP contribution is 2.26. The average molecular weight is 439 g/mol. The summed E-state index contributed by atoms with van der Waals surface area (Å²) in [7, 11) is 0. The van der Waals surface area contributed by atoms with E-state index in [9.17, 15) is 10.1 Å². The van der Waals surface area contributed by atoms with E-state index < -0.39 is 5.91 Å². The Hall–Kier alpha value is -4.07. The number of hydrogen-bond donors (Lipinski definition) is 1. The van der Waals surface area contributed by atoms with E-state index in [0.717, 1.165) is 16.3 Å². The zero-order valence-electron chi connectivity index (χ0n) is 17.1. The van der Waals surface area contributed by atoms with Gasteiger partial charge in [0, 0.05) is 5.56 Å². The number of benzene rings is 4. The molecule has 4 rings (SSSR count). The molecule has 0 atom stereocenters. The van der Waals surface area contributed by atoms with Crippen LogP contribution in [0.4, 0.5) is 5.69 Å². The van der Waals surface area contributed by atoms with Gasteiger partial charge >= 0.3 is 0 Å². The molecule has 0 aliphatic carbocycles. The third-order valence-electron chi connectivity index (χ3n) is 4.97. The zero-order chi connectivity index (χ0) is 22.3. The van der Waals surface area contributed by atoms with Gasteiger partial charge in [0.25, 0.3) is 5.91 Å². The predicted octanol–water partition coefficient (Wildman–Crippen LogP) is 6.62. The van der Waals surface area contributed by atoms with Gasteiger partial charge in [0.15, 0.2) is 0 Å². The van der Waals surface area contributed by atoms with Gasteiger partial charge in [-0.05, 0) is 40.6 Å². The lowest BCUT2D eigenvalue weighted by atomic mass is 10.1. The predicted molar refractivity (Wildman–Crippen MR) is 128 cm³/mol. The molecular weight excluding hydrogens is 420 g/mol. The summed E-state index contributed by atoms with van der Waals surface area (Å²) in [6.45, 7) is 0.361. The fourth-order valence-corrected chi connectivity index (χ4v) is 3.54. The van der Waals surface area contributed by atoms with E-state index >= 15 is 0 Å². The molecular formula is C27H19ClN2O2. The van der Waals surface area contributed by atoms with Gasteiger partial charge in [-0.1, -0.05) is 84.4 Å². The number of amides is 1. The van der Waals surface area contributed by atoms with Crippen molar-refractivity contribution in [3.63, 3.8) is 0 Å². The van der Waals surface area contributed by atoms with Crippen LogP contribution in [0.3, 0.4) is 0 Å². The van der Waals surface area contributed by atoms with Crippen LogP contribution in [0.2, 0.25) is 5.02 Å². The molecule has 4 aromatic rings. The number of fused-ring (bicyclic) bond motifs is 1. The van der Waals surface area contributed by atoms with Gasteiger partial charge < -0.3 is 10.1 Å². The fourth-order valence-electron chi connectivity index (χ4n) is 3.36. The Morgan fingerprint density at radius 3 is 2.50 bits per heavy atom. The topological polar surface area (TPSA) is 62.1 Å². The number of carbonyl (C=O) groups excluding carboxylic acids is 1. The first kappa shape index (κ1) is 21.2. The molecule has 0 radical (unpaired) electrons. The van der Waals surface area contributed by atoms with E-state index in [1.165, 1.54) is 6.08 Å². The largest absolute Gasteiger partial charge is 0.488 e. The molecule has 0 saturated carbocycles. The van der Waals surface area contributed by atoms with Crippen molar-refractivity contribution in [2.75, 3.05) is 5.32 Å². The normalized spacial score (nSPS) is 11.1. The second-order valence-corrected chi connectivity index (χ2v) is 7.48. The van der Waals surface area contributed by atoms with Crippen molar-refractivity contribution in [3.05, 3.63) is 113 Å². The molecule has 0 unspecified atom stereocenters. The molecule has 0 aromatic heterocycles. The van der Waals surface area contributed by atoms with Crippen LogP contribution in [0.25, 0.3) is 16.8 Å². The van der Waals surface area contributed by atoms with Gasteiger partial charge in [-0.2, -0.15) is 5.26 Å². The Morgan fingerprint density at radius 2 is 1.66 bits per heavy atom. The lowest BCUT2D eigenvalue weighted by molar-refractivity contribution is -0.112. The summed E-state index contributed by atoms with van der Waals surface area (Å²) in [6.07, 6.45) is 1.52. The Bertz CT molecular complexity index is 1350. The molecule has 5 heteroatoms. The number of halogens is 1. The van der Waals surface area contributed by atoms with E-state index in [0.29, 0.717) is 28.6 Å². The molecule has 0 fully saturated rings. The summed E-state index contributed by atoms with van der Waals surface area (Å²) in [6, 6.07) is 30.4. The van der Waals surface area contributed by atoms with Crippen LogP contribution < -0.4 is 10.1 Å². The minimum Gasteiger partial charge on any atom is -0.488 e. The summed E-state index contributed by atoms with van der Waals surface area (Å²) in [5.41, 5.74) is 2.09. The maximum atomic E-state index is 12.6. The standard InChI is InChI=1S/C27H19ClN2O2/c28-24-13-4-5-14-25(24)30-27(31)22(17-29)16-20-9-2-6-15-26(20)32-18-21-11-7-10-19-8-1-3-12-23(19)21/h1-16H,18H2,(H,30,31)/b22-16+. The molecule has 0 aliphatic heterocycles. The second kappa shape index (κ2) is 9.82. The molecule has 0 heterocycles. The summed E-state index contributed by atoms with van der Waals surface area (Å²) >= 11 is 6.11. The van der Waals surface area contributed by atoms with Crippen LogP contribution in [0.15, 0.2) is 96.6 Å². The molecule has 4 nitrogen and oxygen atoms in total. The van der Waals surface area contributed by atoms with Gasteiger partial charge in [0.05, 0.1) is 10.7 Å². The van der Waals surface area contributed by atoms with Crippen molar-refractivity contribution in [2.24, 2.45) is 0 Å². The molecule has 0 aliphatic rings. The second-order valence-electron chi connectivity index (χ2n) is 7.07. The smallest absolute Gasteiger partial charge is 0.266 e. The lowest BCUT2D eigenvalue weighted by Crippen LogP contribution is -2.13. The molecule has 32 heavy (non-hydrogen) atoms. The molecule has 0 saturated heterocycles. The maximum Gasteiger partial charge on any atom is 0.266 e. The van der Waals surface area contributed by atoms with Crippen molar-refractivity contribution in [1.82, 2.24) is 0 Å². The summed E-state index contributed by atoms with van der Waals surface area (Å²) < 4.78 is 6.09. The van der Waals surface area contributed by atoms with Crippen molar-refractivity contribution in [1.29, 1.82) is 5.26 Å². The summed E-state index contributed by atoms with van der Waals surface area (Å²) in [4.78, 5) is 12.6. The third-order valence-corrected chi connectivity index (χ3v) is 5.30. The number of ether oxygens (including phenoxy) is 1. The van der Waals surface area contributed by atoms with Crippen LogP contribution in [0.5, 0.6) is 5.75 Å². The lowest BCUT2D eigenvalue weighted by Gasteiger charge is -2.12. The Balaban J connectivity index is 1.57. The van der Waals surface area contributed by atoms with Crippen molar-refractivity contribution >= 4 is 40.0 Å². The number of carbonyl (C=O) groups is 1. The third kappa shape index (κ3) is 4.80. The molecule has 0 spiro atoms. The van der Waals surface area contributed by atoms with Crippen LogP contribution in [-0.4, -0.2) is 5.91 Å². The SMILES string of the molecule is N#C/C(=C\c1ccccc1OCc1cccc2ccccc12)C(=O)Nc1ccccc1Cl. The minimum atomic E-state index is -0.538. The van der Waals surface area contributed by atoms with Gasteiger partial charge in [-0.3, -0.25) is 4.79 Å².